The third kappa shape index (κ3) is 4.87. The Bertz CT molecular complexity index is 1240. The molecule has 2 amide bonds. The fraction of sp³-hybridized carbons (Fsp3) is 0.500. The number of hydrogen-bond donors (Lipinski definition) is 2. The number of benzene rings is 2. The van der Waals surface area contributed by atoms with Crippen LogP contribution in [-0.2, 0) is 32.5 Å². The maximum Gasteiger partial charge on any atom is 0.497 e. The van der Waals surface area contributed by atoms with Crippen LogP contribution >= 0.6 is 0 Å². The Hall–Kier alpha value is -3.11. The second kappa shape index (κ2) is 9.57. The van der Waals surface area contributed by atoms with Crippen molar-refractivity contribution in [2.75, 3.05) is 19.7 Å². The van der Waals surface area contributed by atoms with Crippen LogP contribution in [0.25, 0.3) is 0 Å². The monoisotopic (exact) mass is 524 g/mol. The molecule has 10 heteroatoms. The van der Waals surface area contributed by atoms with Crippen molar-refractivity contribution in [2.24, 2.45) is 0 Å². The van der Waals surface area contributed by atoms with Crippen LogP contribution in [-0.4, -0.2) is 60.0 Å². The Labute approximate surface area is 222 Å². The van der Waals surface area contributed by atoms with Crippen molar-refractivity contribution >= 4 is 24.6 Å². The van der Waals surface area contributed by atoms with E-state index >= 15 is 4.39 Å². The van der Waals surface area contributed by atoms with E-state index in [9.17, 15) is 9.59 Å². The fourth-order valence-corrected chi connectivity index (χ4v) is 5.42. The molecule has 0 atom stereocenters. The molecular weight excluding hydrogens is 490 g/mol. The van der Waals surface area contributed by atoms with E-state index < -0.39 is 30.2 Å². The molecule has 2 aromatic carbocycles. The number of carboxylic acid groups (broad SMARTS) is 1. The van der Waals surface area contributed by atoms with Gasteiger partial charge < -0.3 is 29.4 Å². The van der Waals surface area contributed by atoms with Crippen LogP contribution in [0.2, 0.25) is 0 Å². The topological polar surface area (TPSA) is 97.3 Å². The minimum absolute atomic E-state index is 0.0406. The van der Waals surface area contributed by atoms with E-state index in [4.69, 9.17) is 19.2 Å². The number of nitrogens with zero attached hydrogens (tertiary/aromatic N) is 1. The molecule has 0 aliphatic carbocycles. The number of carbonyl (C=O) groups is 2. The first-order valence-corrected chi connectivity index (χ1v) is 13.0. The zero-order chi connectivity index (χ0) is 27.3. The maximum atomic E-state index is 15.0. The van der Waals surface area contributed by atoms with Gasteiger partial charge in [-0.15, -0.1) is 0 Å². The normalized spacial score (nSPS) is 20.8. The highest BCUT2D eigenvalue weighted by Gasteiger charge is 2.52. The molecule has 2 N–H and O–H groups in total. The molecule has 0 bridgehead atoms. The highest BCUT2D eigenvalue weighted by Crippen LogP contribution is 2.46. The molecule has 0 unspecified atom stereocenters. The highest BCUT2D eigenvalue weighted by atomic mass is 19.1. The number of hydrogen-bond acceptors (Lipinski definition) is 5. The number of halogens is 1. The van der Waals surface area contributed by atoms with E-state index in [0.717, 1.165) is 29.7 Å². The Kier molecular flexibility index (Phi) is 6.68. The van der Waals surface area contributed by atoms with E-state index in [1.165, 1.54) is 6.07 Å². The predicted octanol–water partition coefficient (Wildman–Crippen LogP) is 3.39. The van der Waals surface area contributed by atoms with Gasteiger partial charge in [-0.2, -0.15) is 0 Å². The average Bonchev–Trinajstić information content (AvgIpc) is 3.30. The molecule has 38 heavy (non-hydrogen) atoms. The zero-order valence-electron chi connectivity index (χ0n) is 22.3. The van der Waals surface area contributed by atoms with Gasteiger partial charge in [-0.3, -0.25) is 4.79 Å². The summed E-state index contributed by atoms with van der Waals surface area (Å²) in [4.78, 5) is 25.8. The Morgan fingerprint density at radius 2 is 1.68 bits per heavy atom. The summed E-state index contributed by atoms with van der Waals surface area (Å²) >= 11 is 0. The van der Waals surface area contributed by atoms with Gasteiger partial charge >= 0.3 is 13.2 Å². The van der Waals surface area contributed by atoms with Crippen LogP contribution in [0.5, 0.6) is 5.75 Å². The predicted molar refractivity (Wildman–Crippen MR) is 140 cm³/mol. The van der Waals surface area contributed by atoms with E-state index in [1.54, 1.807) is 12.1 Å². The van der Waals surface area contributed by atoms with Crippen LogP contribution in [0.15, 0.2) is 36.4 Å². The van der Waals surface area contributed by atoms with Gasteiger partial charge in [0.1, 0.15) is 11.6 Å². The summed E-state index contributed by atoms with van der Waals surface area (Å²) < 4.78 is 32.9. The standard InChI is InChI=1S/C28H34BFN2O6/c1-26(2)27(3,4)38-29(37-26)21-7-5-18(14-22(21)30)15-24(33)32-11-9-28(10-12-32)17-36-23-8-6-19(13-20(23)28)16-31-25(34)35/h5-8,13-14,31H,9-12,15-17H2,1-4H3,(H,34,35). The summed E-state index contributed by atoms with van der Waals surface area (Å²) in [6.45, 7) is 9.62. The van der Waals surface area contributed by atoms with Crippen LogP contribution in [0.1, 0.15) is 57.2 Å². The summed E-state index contributed by atoms with van der Waals surface area (Å²) in [6.07, 6.45) is 0.546. The van der Waals surface area contributed by atoms with Crippen LogP contribution in [0.3, 0.4) is 0 Å². The van der Waals surface area contributed by atoms with Gasteiger partial charge in [-0.05, 0) is 69.9 Å². The smallest absolute Gasteiger partial charge is 0.492 e. The second-order valence-corrected chi connectivity index (χ2v) is 11.6. The third-order valence-corrected chi connectivity index (χ3v) is 8.56. The van der Waals surface area contributed by atoms with Crippen LogP contribution < -0.4 is 15.5 Å². The van der Waals surface area contributed by atoms with Gasteiger partial charge in [0.15, 0.2) is 0 Å². The molecule has 5 rings (SSSR count). The van der Waals surface area contributed by atoms with E-state index in [1.807, 2.05) is 50.8 Å². The Morgan fingerprint density at radius 3 is 2.32 bits per heavy atom. The lowest BCUT2D eigenvalue weighted by Gasteiger charge is -2.38. The number of ether oxygens (including phenoxy) is 1. The summed E-state index contributed by atoms with van der Waals surface area (Å²) in [6, 6.07) is 10.6. The number of rotatable bonds is 5. The second-order valence-electron chi connectivity index (χ2n) is 11.6. The lowest BCUT2D eigenvalue weighted by atomic mass is 9.74. The van der Waals surface area contributed by atoms with E-state index in [2.05, 4.69) is 5.32 Å². The van der Waals surface area contributed by atoms with Crippen molar-refractivity contribution in [3.05, 3.63) is 58.9 Å². The number of likely N-dealkylation sites (tertiary alicyclic amines) is 1. The van der Waals surface area contributed by atoms with Crippen molar-refractivity contribution in [3.8, 4) is 5.75 Å². The van der Waals surface area contributed by atoms with Gasteiger partial charge in [0.2, 0.25) is 5.91 Å². The molecular formula is C28H34BFN2O6. The van der Waals surface area contributed by atoms with Crippen LogP contribution in [0.4, 0.5) is 9.18 Å². The molecule has 3 aliphatic rings. The van der Waals surface area contributed by atoms with Crippen molar-refractivity contribution < 1.29 is 33.1 Å². The largest absolute Gasteiger partial charge is 0.497 e. The number of carbonyl (C=O) groups excluding carboxylic acids is 1. The van der Waals surface area contributed by atoms with Crippen molar-refractivity contribution in [2.45, 2.75) is 70.1 Å². The van der Waals surface area contributed by atoms with Gasteiger partial charge in [-0.1, -0.05) is 18.2 Å². The highest BCUT2D eigenvalue weighted by molar-refractivity contribution is 6.62. The molecule has 0 aromatic heterocycles. The molecule has 2 saturated heterocycles. The lowest BCUT2D eigenvalue weighted by Crippen LogP contribution is -2.46. The minimum atomic E-state index is -1.06. The van der Waals surface area contributed by atoms with Gasteiger partial charge in [0.05, 0.1) is 24.2 Å². The van der Waals surface area contributed by atoms with Gasteiger partial charge in [0, 0.05) is 36.1 Å². The van der Waals surface area contributed by atoms with Crippen LogP contribution in [0, 0.1) is 5.82 Å². The van der Waals surface area contributed by atoms with Crippen molar-refractivity contribution in [1.29, 1.82) is 0 Å². The summed E-state index contributed by atoms with van der Waals surface area (Å²) in [7, 11) is -0.792. The molecule has 0 saturated carbocycles. The zero-order valence-corrected chi connectivity index (χ0v) is 22.3. The summed E-state index contributed by atoms with van der Waals surface area (Å²) in [5.41, 5.74) is 1.58. The Balaban J connectivity index is 1.21. The molecule has 3 heterocycles. The molecule has 1 spiro atoms. The molecule has 0 radical (unpaired) electrons. The van der Waals surface area contributed by atoms with E-state index in [-0.39, 0.29) is 24.3 Å². The third-order valence-electron chi connectivity index (χ3n) is 8.56. The first-order valence-electron chi connectivity index (χ1n) is 13.0. The number of piperidine rings is 1. The first kappa shape index (κ1) is 26.5. The van der Waals surface area contributed by atoms with Gasteiger partial charge in [-0.25, -0.2) is 9.18 Å². The molecule has 3 aliphatic heterocycles. The molecule has 2 aromatic rings. The number of fused-ring (bicyclic) bond motifs is 2. The van der Waals surface area contributed by atoms with Crippen molar-refractivity contribution in [1.82, 2.24) is 10.2 Å². The average molecular weight is 524 g/mol. The first-order chi connectivity index (χ1) is 17.9. The van der Waals surface area contributed by atoms with Gasteiger partial charge in [0.25, 0.3) is 0 Å². The lowest BCUT2D eigenvalue weighted by molar-refractivity contribution is -0.132. The number of nitrogens with one attached hydrogen (secondary N) is 1. The van der Waals surface area contributed by atoms with E-state index in [0.29, 0.717) is 30.7 Å². The SMILES string of the molecule is CC1(C)OB(c2ccc(CC(=O)N3CCC4(CC3)COc3ccc(CNC(=O)O)cc34)cc2F)OC1(C)C. The van der Waals surface area contributed by atoms with Crippen molar-refractivity contribution in [3.63, 3.8) is 0 Å². The summed E-state index contributed by atoms with van der Waals surface area (Å²) in [5.74, 6) is 0.335. The quantitative estimate of drug-likeness (QED) is 0.583. The maximum absolute atomic E-state index is 15.0. The molecule has 2 fully saturated rings. The molecule has 8 nitrogen and oxygen atoms in total. The molecule has 202 valence electrons. The minimum Gasteiger partial charge on any atom is -0.492 e. The fourth-order valence-electron chi connectivity index (χ4n) is 5.42. The summed E-state index contributed by atoms with van der Waals surface area (Å²) in [5, 5.41) is 11.3. The number of amides is 2. The Morgan fingerprint density at radius 1 is 1.03 bits per heavy atom.